The quantitative estimate of drug-likeness (QED) is 0.936. The average Bonchev–Trinajstić information content (AvgIpc) is 2.99. The van der Waals surface area contributed by atoms with Crippen molar-refractivity contribution in [2.45, 2.75) is 19.3 Å². The first-order chi connectivity index (χ1) is 9.26. The molecule has 0 saturated heterocycles. The molecule has 1 aromatic heterocycles. The van der Waals surface area contributed by atoms with Crippen molar-refractivity contribution in [1.82, 2.24) is 4.98 Å². The monoisotopic (exact) mass is 274 g/mol. The molecule has 0 spiro atoms. The number of amides is 1. The summed E-state index contributed by atoms with van der Waals surface area (Å²) in [6.45, 7) is 0. The van der Waals surface area contributed by atoms with Crippen LogP contribution in [0.25, 0.3) is 0 Å². The van der Waals surface area contributed by atoms with Crippen LogP contribution in [0.5, 0.6) is 5.75 Å². The maximum Gasteiger partial charge on any atom is 0.257 e. The van der Waals surface area contributed by atoms with E-state index in [1.165, 1.54) is 11.3 Å². The molecule has 1 amide bonds. The number of hydrogen-bond donors (Lipinski definition) is 1. The third-order valence-electron chi connectivity index (χ3n) is 3.15. The summed E-state index contributed by atoms with van der Waals surface area (Å²) in [5.74, 6) is 0.528. The van der Waals surface area contributed by atoms with E-state index in [4.69, 9.17) is 4.74 Å². The lowest BCUT2D eigenvalue weighted by molar-refractivity contribution is 0.102. The summed E-state index contributed by atoms with van der Waals surface area (Å²) in [5.41, 5.74) is 1.72. The van der Waals surface area contributed by atoms with Gasteiger partial charge < -0.3 is 4.74 Å². The Balaban J connectivity index is 1.76. The molecular formula is C14H14N2O2S. The number of methoxy groups -OCH3 is 1. The summed E-state index contributed by atoms with van der Waals surface area (Å²) in [4.78, 5) is 17.9. The van der Waals surface area contributed by atoms with E-state index in [9.17, 15) is 4.79 Å². The summed E-state index contributed by atoms with van der Waals surface area (Å²) < 4.78 is 5.11. The van der Waals surface area contributed by atoms with E-state index >= 15 is 0 Å². The molecule has 0 saturated carbocycles. The fourth-order valence-corrected chi connectivity index (χ4v) is 3.22. The number of ether oxygens (including phenoxy) is 1. The first-order valence-electron chi connectivity index (χ1n) is 6.20. The highest BCUT2D eigenvalue weighted by atomic mass is 32.1. The minimum Gasteiger partial charge on any atom is -0.497 e. The number of aryl methyl sites for hydroxylation is 2. The van der Waals surface area contributed by atoms with E-state index in [1.807, 2.05) is 6.07 Å². The van der Waals surface area contributed by atoms with E-state index in [0.29, 0.717) is 16.4 Å². The van der Waals surface area contributed by atoms with Gasteiger partial charge in [0.1, 0.15) is 5.75 Å². The van der Waals surface area contributed by atoms with Gasteiger partial charge in [0.2, 0.25) is 0 Å². The van der Waals surface area contributed by atoms with E-state index in [1.54, 1.807) is 36.6 Å². The minimum absolute atomic E-state index is 0.147. The van der Waals surface area contributed by atoms with Crippen molar-refractivity contribution in [1.29, 1.82) is 0 Å². The third kappa shape index (κ3) is 2.46. The minimum atomic E-state index is -0.147. The largest absolute Gasteiger partial charge is 0.497 e. The highest BCUT2D eigenvalue weighted by Crippen LogP contribution is 2.30. The standard InChI is InChI=1S/C14H14N2O2S/c1-18-10-5-2-4-9(8-10)13(17)16-14-15-11-6-3-7-12(11)19-14/h2,4-5,8H,3,6-7H2,1H3,(H,15,16,17). The zero-order valence-corrected chi connectivity index (χ0v) is 11.4. The number of thiazole rings is 1. The Hall–Kier alpha value is -1.88. The summed E-state index contributed by atoms with van der Waals surface area (Å²) in [5, 5.41) is 3.54. The second-order valence-corrected chi connectivity index (χ2v) is 5.51. The van der Waals surface area contributed by atoms with Crippen LogP contribution in [0.2, 0.25) is 0 Å². The number of nitrogens with zero attached hydrogens (tertiary/aromatic N) is 1. The zero-order chi connectivity index (χ0) is 13.2. The van der Waals surface area contributed by atoms with Crippen LogP contribution < -0.4 is 10.1 Å². The van der Waals surface area contributed by atoms with Crippen molar-refractivity contribution < 1.29 is 9.53 Å². The molecule has 1 aromatic carbocycles. The van der Waals surface area contributed by atoms with Crippen molar-refractivity contribution in [3.63, 3.8) is 0 Å². The van der Waals surface area contributed by atoms with Crippen molar-refractivity contribution in [3.05, 3.63) is 40.4 Å². The van der Waals surface area contributed by atoms with Crippen molar-refractivity contribution >= 4 is 22.4 Å². The van der Waals surface area contributed by atoms with Gasteiger partial charge in [0.05, 0.1) is 12.8 Å². The lowest BCUT2D eigenvalue weighted by Crippen LogP contribution is -2.11. The van der Waals surface area contributed by atoms with Gasteiger partial charge in [0, 0.05) is 10.4 Å². The van der Waals surface area contributed by atoms with Crippen molar-refractivity contribution in [2.24, 2.45) is 0 Å². The highest BCUT2D eigenvalue weighted by molar-refractivity contribution is 7.15. The van der Waals surface area contributed by atoms with Crippen LogP contribution in [0.3, 0.4) is 0 Å². The van der Waals surface area contributed by atoms with Gasteiger partial charge in [-0.2, -0.15) is 0 Å². The molecule has 98 valence electrons. The van der Waals surface area contributed by atoms with E-state index in [-0.39, 0.29) is 5.91 Å². The van der Waals surface area contributed by atoms with Crippen LogP contribution in [0.15, 0.2) is 24.3 Å². The van der Waals surface area contributed by atoms with Gasteiger partial charge in [-0.05, 0) is 37.5 Å². The van der Waals surface area contributed by atoms with Gasteiger partial charge in [0.25, 0.3) is 5.91 Å². The Kier molecular flexibility index (Phi) is 3.21. The third-order valence-corrected chi connectivity index (χ3v) is 4.22. The summed E-state index contributed by atoms with van der Waals surface area (Å²) >= 11 is 1.58. The predicted octanol–water partition coefficient (Wildman–Crippen LogP) is 2.89. The molecule has 1 aliphatic rings. The first-order valence-corrected chi connectivity index (χ1v) is 7.02. The molecule has 19 heavy (non-hydrogen) atoms. The fourth-order valence-electron chi connectivity index (χ4n) is 2.18. The molecule has 3 rings (SSSR count). The number of carbonyl (C=O) groups excluding carboxylic acids is 1. The zero-order valence-electron chi connectivity index (χ0n) is 10.6. The van der Waals surface area contributed by atoms with Gasteiger partial charge in [-0.3, -0.25) is 10.1 Å². The molecule has 0 fully saturated rings. The van der Waals surface area contributed by atoms with E-state index < -0.39 is 0 Å². The lowest BCUT2D eigenvalue weighted by atomic mass is 10.2. The molecular weight excluding hydrogens is 260 g/mol. The number of nitrogens with one attached hydrogen (secondary N) is 1. The van der Waals surface area contributed by atoms with E-state index in [0.717, 1.165) is 18.5 Å². The smallest absolute Gasteiger partial charge is 0.257 e. The predicted molar refractivity (Wildman–Crippen MR) is 75.1 cm³/mol. The molecule has 4 nitrogen and oxygen atoms in total. The number of fused-ring (bicyclic) bond motifs is 1. The number of anilines is 1. The Bertz CT molecular complexity index is 600. The molecule has 2 aromatic rings. The van der Waals surface area contributed by atoms with Crippen molar-refractivity contribution in [3.8, 4) is 5.75 Å². The van der Waals surface area contributed by atoms with Crippen LogP contribution in [-0.4, -0.2) is 18.0 Å². The van der Waals surface area contributed by atoms with Gasteiger partial charge in [0.15, 0.2) is 5.13 Å². The lowest BCUT2D eigenvalue weighted by Gasteiger charge is -2.04. The van der Waals surface area contributed by atoms with Crippen LogP contribution >= 0.6 is 11.3 Å². The summed E-state index contributed by atoms with van der Waals surface area (Å²) in [7, 11) is 1.59. The molecule has 1 aliphatic carbocycles. The molecule has 0 atom stereocenters. The molecule has 0 radical (unpaired) electrons. The van der Waals surface area contributed by atoms with Gasteiger partial charge in [-0.15, -0.1) is 11.3 Å². The molecule has 0 aliphatic heterocycles. The van der Waals surface area contributed by atoms with Crippen LogP contribution in [0.4, 0.5) is 5.13 Å². The second-order valence-electron chi connectivity index (χ2n) is 4.43. The van der Waals surface area contributed by atoms with Gasteiger partial charge in [-0.25, -0.2) is 4.98 Å². The SMILES string of the molecule is COc1cccc(C(=O)Nc2nc3c(s2)CCC3)c1. The van der Waals surface area contributed by atoms with E-state index in [2.05, 4.69) is 10.3 Å². The normalized spacial score (nSPS) is 13.1. The molecule has 0 bridgehead atoms. The molecule has 1 N–H and O–H groups in total. The summed E-state index contributed by atoms with van der Waals surface area (Å²) in [6.07, 6.45) is 3.29. The number of rotatable bonds is 3. The van der Waals surface area contributed by atoms with Crippen LogP contribution in [-0.2, 0) is 12.8 Å². The first kappa shape index (κ1) is 12.2. The average molecular weight is 274 g/mol. The maximum atomic E-state index is 12.1. The molecule has 5 heteroatoms. The number of hydrogen-bond acceptors (Lipinski definition) is 4. The Morgan fingerprint density at radius 1 is 1.42 bits per heavy atom. The van der Waals surface area contributed by atoms with Crippen LogP contribution in [0.1, 0.15) is 27.3 Å². The number of benzene rings is 1. The second kappa shape index (κ2) is 5.01. The fraction of sp³-hybridized carbons (Fsp3) is 0.286. The Morgan fingerprint density at radius 2 is 2.32 bits per heavy atom. The van der Waals surface area contributed by atoms with Crippen LogP contribution in [0, 0.1) is 0 Å². The molecule has 1 heterocycles. The maximum absolute atomic E-state index is 12.1. The Labute approximate surface area is 115 Å². The number of aromatic nitrogens is 1. The Morgan fingerprint density at radius 3 is 3.11 bits per heavy atom. The van der Waals surface area contributed by atoms with Crippen molar-refractivity contribution in [2.75, 3.05) is 12.4 Å². The van der Waals surface area contributed by atoms with Gasteiger partial charge in [-0.1, -0.05) is 6.07 Å². The summed E-state index contributed by atoms with van der Waals surface area (Å²) in [6, 6.07) is 7.10. The highest BCUT2D eigenvalue weighted by Gasteiger charge is 2.18. The topological polar surface area (TPSA) is 51.2 Å². The molecule has 0 unspecified atom stereocenters. The van der Waals surface area contributed by atoms with Gasteiger partial charge >= 0.3 is 0 Å². The number of carbonyl (C=O) groups is 1.